The summed E-state index contributed by atoms with van der Waals surface area (Å²) in [6, 6.07) is 6.21. The maximum Gasteiger partial charge on any atom is 0.0663 e. The van der Waals surface area contributed by atoms with E-state index in [0.29, 0.717) is 5.92 Å². The molecule has 0 bridgehead atoms. The normalized spacial score (nSPS) is 21.2. The molecule has 0 radical (unpaired) electrons. The fourth-order valence-electron chi connectivity index (χ4n) is 3.10. The third kappa shape index (κ3) is 2.52. The Bertz CT molecular complexity index is 715. The topological polar surface area (TPSA) is 43.8 Å². The van der Waals surface area contributed by atoms with Crippen molar-refractivity contribution in [3.05, 3.63) is 57.9 Å². The number of aromatic nitrogens is 2. The molecule has 0 spiro atoms. The number of hydrogen-bond donors (Lipinski definition) is 1. The SMILES string of the molecule is Cc1ccc(-n2nc(C)c(C3C=CC(N)C3)c2C)cc1Cl. The number of hydrogen-bond acceptors (Lipinski definition) is 2. The van der Waals surface area contributed by atoms with Crippen molar-refractivity contribution in [2.75, 3.05) is 0 Å². The lowest BCUT2D eigenvalue weighted by atomic mass is 9.96. The van der Waals surface area contributed by atoms with Gasteiger partial charge in [-0.05, 0) is 44.9 Å². The molecule has 1 aliphatic carbocycles. The smallest absolute Gasteiger partial charge is 0.0663 e. The molecule has 1 heterocycles. The maximum absolute atomic E-state index is 6.24. The van der Waals surface area contributed by atoms with E-state index in [-0.39, 0.29) is 6.04 Å². The van der Waals surface area contributed by atoms with Crippen LogP contribution in [0.4, 0.5) is 0 Å². The predicted octanol–water partition coefficient (Wildman–Crippen LogP) is 3.82. The average Bonchev–Trinajstić information content (AvgIpc) is 2.97. The zero-order valence-corrected chi connectivity index (χ0v) is 13.4. The van der Waals surface area contributed by atoms with E-state index in [0.717, 1.165) is 34.1 Å². The van der Waals surface area contributed by atoms with Gasteiger partial charge in [-0.3, -0.25) is 0 Å². The minimum Gasteiger partial charge on any atom is -0.324 e. The van der Waals surface area contributed by atoms with Crippen molar-refractivity contribution in [1.29, 1.82) is 0 Å². The molecule has 1 aliphatic rings. The molecular weight excluding hydrogens is 282 g/mol. The molecular formula is C17H20ClN3. The van der Waals surface area contributed by atoms with Gasteiger partial charge >= 0.3 is 0 Å². The largest absolute Gasteiger partial charge is 0.324 e. The Labute approximate surface area is 130 Å². The van der Waals surface area contributed by atoms with Gasteiger partial charge in [-0.1, -0.05) is 29.8 Å². The van der Waals surface area contributed by atoms with Crippen LogP contribution in [0.5, 0.6) is 0 Å². The van der Waals surface area contributed by atoms with Crippen LogP contribution in [0, 0.1) is 20.8 Å². The summed E-state index contributed by atoms with van der Waals surface area (Å²) in [5.41, 5.74) is 11.6. The van der Waals surface area contributed by atoms with Crippen molar-refractivity contribution < 1.29 is 0 Å². The van der Waals surface area contributed by atoms with Crippen molar-refractivity contribution in [2.45, 2.75) is 39.2 Å². The first-order chi connectivity index (χ1) is 9.97. The molecule has 1 aromatic heterocycles. The lowest BCUT2D eigenvalue weighted by Crippen LogP contribution is -2.14. The Kier molecular flexibility index (Phi) is 3.64. The standard InChI is InChI=1S/C17H20ClN3/c1-10-4-7-15(9-16(10)18)21-12(3)17(11(2)20-21)13-5-6-14(19)8-13/h4-7,9,13-14H,8,19H2,1-3H3. The van der Waals surface area contributed by atoms with E-state index in [4.69, 9.17) is 22.4 Å². The van der Waals surface area contributed by atoms with Gasteiger partial charge in [0, 0.05) is 28.2 Å². The highest BCUT2D eigenvalue weighted by Gasteiger charge is 2.24. The molecule has 2 N–H and O–H groups in total. The minimum absolute atomic E-state index is 0.158. The van der Waals surface area contributed by atoms with E-state index in [2.05, 4.69) is 32.1 Å². The van der Waals surface area contributed by atoms with Gasteiger partial charge < -0.3 is 5.73 Å². The summed E-state index contributed by atoms with van der Waals surface area (Å²) in [6.45, 7) is 6.18. The summed E-state index contributed by atoms with van der Waals surface area (Å²) in [5, 5.41) is 5.47. The van der Waals surface area contributed by atoms with Gasteiger partial charge in [0.25, 0.3) is 0 Å². The highest BCUT2D eigenvalue weighted by Crippen LogP contribution is 2.33. The molecule has 4 heteroatoms. The third-order valence-corrected chi connectivity index (χ3v) is 4.64. The Balaban J connectivity index is 2.05. The van der Waals surface area contributed by atoms with Crippen LogP contribution in [0.15, 0.2) is 30.4 Å². The highest BCUT2D eigenvalue weighted by atomic mass is 35.5. The Morgan fingerprint density at radius 2 is 2.00 bits per heavy atom. The van der Waals surface area contributed by atoms with Gasteiger partial charge in [0.15, 0.2) is 0 Å². The molecule has 3 nitrogen and oxygen atoms in total. The van der Waals surface area contributed by atoms with E-state index in [9.17, 15) is 0 Å². The van der Waals surface area contributed by atoms with Crippen molar-refractivity contribution in [1.82, 2.24) is 9.78 Å². The number of nitrogens with zero attached hydrogens (tertiary/aromatic N) is 2. The van der Waals surface area contributed by atoms with E-state index < -0.39 is 0 Å². The molecule has 2 aromatic rings. The van der Waals surface area contributed by atoms with E-state index >= 15 is 0 Å². The molecule has 1 aromatic carbocycles. The molecule has 0 aliphatic heterocycles. The van der Waals surface area contributed by atoms with E-state index in [1.165, 1.54) is 5.56 Å². The summed E-state index contributed by atoms with van der Waals surface area (Å²) in [4.78, 5) is 0. The lowest BCUT2D eigenvalue weighted by molar-refractivity contribution is 0.704. The van der Waals surface area contributed by atoms with Crippen LogP contribution >= 0.6 is 11.6 Å². The second kappa shape index (κ2) is 5.32. The number of benzene rings is 1. The second-order valence-corrected chi connectivity index (χ2v) is 6.23. The van der Waals surface area contributed by atoms with Crippen molar-refractivity contribution in [3.8, 4) is 5.69 Å². The van der Waals surface area contributed by atoms with Gasteiger partial charge in [-0.15, -0.1) is 0 Å². The van der Waals surface area contributed by atoms with Crippen LogP contribution in [0.1, 0.15) is 34.9 Å². The summed E-state index contributed by atoms with van der Waals surface area (Å²) in [7, 11) is 0. The van der Waals surface area contributed by atoms with Gasteiger partial charge in [0.1, 0.15) is 0 Å². The molecule has 2 atom stereocenters. The van der Waals surface area contributed by atoms with Crippen LogP contribution in [0.3, 0.4) is 0 Å². The molecule has 21 heavy (non-hydrogen) atoms. The predicted molar refractivity (Wildman–Crippen MR) is 87.3 cm³/mol. The highest BCUT2D eigenvalue weighted by molar-refractivity contribution is 6.31. The zero-order chi connectivity index (χ0) is 15.1. The van der Waals surface area contributed by atoms with Crippen LogP contribution < -0.4 is 5.73 Å². The van der Waals surface area contributed by atoms with Gasteiger partial charge in [-0.25, -0.2) is 4.68 Å². The number of nitrogens with two attached hydrogens (primary N) is 1. The first kappa shape index (κ1) is 14.4. The third-order valence-electron chi connectivity index (χ3n) is 4.23. The summed E-state index contributed by atoms with van der Waals surface area (Å²) >= 11 is 6.24. The first-order valence-electron chi connectivity index (χ1n) is 7.24. The molecule has 0 saturated carbocycles. The Hall–Kier alpha value is -1.58. The van der Waals surface area contributed by atoms with Gasteiger partial charge in [-0.2, -0.15) is 5.10 Å². The zero-order valence-electron chi connectivity index (χ0n) is 12.6. The number of allylic oxidation sites excluding steroid dienone is 1. The molecule has 0 fully saturated rings. The first-order valence-corrected chi connectivity index (χ1v) is 7.61. The maximum atomic E-state index is 6.24. The van der Waals surface area contributed by atoms with Crippen molar-refractivity contribution in [2.24, 2.45) is 5.73 Å². The molecule has 0 amide bonds. The van der Waals surface area contributed by atoms with Crippen LogP contribution in [0.25, 0.3) is 5.69 Å². The van der Waals surface area contributed by atoms with E-state index in [1.54, 1.807) is 0 Å². The summed E-state index contributed by atoms with van der Waals surface area (Å²) in [6.07, 6.45) is 5.25. The molecule has 2 unspecified atom stereocenters. The number of aryl methyl sites for hydroxylation is 2. The lowest BCUT2D eigenvalue weighted by Gasteiger charge is -2.11. The quantitative estimate of drug-likeness (QED) is 0.857. The van der Waals surface area contributed by atoms with Crippen LogP contribution in [0.2, 0.25) is 5.02 Å². The molecule has 3 rings (SSSR count). The average molecular weight is 302 g/mol. The van der Waals surface area contributed by atoms with Gasteiger partial charge in [0.2, 0.25) is 0 Å². The Morgan fingerprint density at radius 1 is 1.24 bits per heavy atom. The number of rotatable bonds is 2. The Morgan fingerprint density at radius 3 is 2.62 bits per heavy atom. The second-order valence-electron chi connectivity index (χ2n) is 5.82. The number of halogens is 1. The minimum atomic E-state index is 0.158. The molecule has 0 saturated heterocycles. The monoisotopic (exact) mass is 301 g/mol. The summed E-state index contributed by atoms with van der Waals surface area (Å²) < 4.78 is 1.98. The molecule has 110 valence electrons. The van der Waals surface area contributed by atoms with Crippen LogP contribution in [-0.4, -0.2) is 15.8 Å². The summed E-state index contributed by atoms with van der Waals surface area (Å²) in [5.74, 6) is 0.370. The van der Waals surface area contributed by atoms with Crippen molar-refractivity contribution >= 4 is 11.6 Å². The van der Waals surface area contributed by atoms with Gasteiger partial charge in [0.05, 0.1) is 11.4 Å². The fourth-order valence-corrected chi connectivity index (χ4v) is 3.27. The van der Waals surface area contributed by atoms with E-state index in [1.807, 2.05) is 23.7 Å². The fraction of sp³-hybridized carbons (Fsp3) is 0.353. The van der Waals surface area contributed by atoms with Crippen molar-refractivity contribution in [3.63, 3.8) is 0 Å². The van der Waals surface area contributed by atoms with Crippen LogP contribution in [-0.2, 0) is 0 Å².